The van der Waals surface area contributed by atoms with E-state index < -0.39 is 0 Å². The van der Waals surface area contributed by atoms with Gasteiger partial charge in [-0.2, -0.15) is 0 Å². The van der Waals surface area contributed by atoms with Gasteiger partial charge in [-0.15, -0.1) is 0 Å². The minimum Gasteiger partial charge on any atom is -0.347 e. The van der Waals surface area contributed by atoms with Crippen molar-refractivity contribution in [3.8, 4) is 11.3 Å². The molecule has 0 atom stereocenters. The van der Waals surface area contributed by atoms with Crippen LogP contribution in [0.5, 0.6) is 0 Å². The topological polar surface area (TPSA) is 42.0 Å². The van der Waals surface area contributed by atoms with Crippen molar-refractivity contribution in [2.75, 3.05) is 0 Å². The summed E-state index contributed by atoms with van der Waals surface area (Å²) in [5, 5.41) is 4.93. The van der Waals surface area contributed by atoms with Gasteiger partial charge in [-0.1, -0.05) is 41.4 Å². The Kier molecular flexibility index (Phi) is 4.96. The van der Waals surface area contributed by atoms with Crippen molar-refractivity contribution in [1.29, 1.82) is 0 Å². The van der Waals surface area contributed by atoms with Crippen LogP contribution in [0.4, 0.5) is 0 Å². The average molecular weight is 387 g/mol. The first-order valence-electron chi connectivity index (χ1n) is 8.34. The van der Waals surface area contributed by atoms with Gasteiger partial charge in [0, 0.05) is 21.5 Å². The average Bonchev–Trinajstić information content (AvgIpc) is 2.53. The zero-order valence-electron chi connectivity index (χ0n) is 15.2. The summed E-state index contributed by atoms with van der Waals surface area (Å²) in [5.41, 5.74) is 3.25. The zero-order valence-corrected chi connectivity index (χ0v) is 16.7. The van der Waals surface area contributed by atoms with Gasteiger partial charge >= 0.3 is 0 Å². The summed E-state index contributed by atoms with van der Waals surface area (Å²) in [7, 11) is 0. The van der Waals surface area contributed by atoms with Gasteiger partial charge in [0.05, 0.1) is 21.8 Å². The molecule has 3 aromatic rings. The highest BCUT2D eigenvalue weighted by molar-refractivity contribution is 6.36. The van der Waals surface area contributed by atoms with E-state index in [9.17, 15) is 4.79 Å². The molecule has 134 valence electrons. The van der Waals surface area contributed by atoms with Crippen molar-refractivity contribution < 1.29 is 4.79 Å². The molecule has 0 spiro atoms. The lowest BCUT2D eigenvalue weighted by Crippen LogP contribution is -2.41. The highest BCUT2D eigenvalue weighted by Gasteiger charge is 2.23. The van der Waals surface area contributed by atoms with E-state index in [-0.39, 0.29) is 11.4 Å². The van der Waals surface area contributed by atoms with Crippen LogP contribution in [0, 0.1) is 6.92 Å². The molecule has 0 aliphatic carbocycles. The van der Waals surface area contributed by atoms with Gasteiger partial charge < -0.3 is 5.32 Å². The van der Waals surface area contributed by atoms with Crippen molar-refractivity contribution in [2.24, 2.45) is 0 Å². The van der Waals surface area contributed by atoms with E-state index in [1.807, 2.05) is 58.0 Å². The van der Waals surface area contributed by atoms with Gasteiger partial charge in [-0.3, -0.25) is 4.79 Å². The van der Waals surface area contributed by atoms with Gasteiger partial charge in [0.25, 0.3) is 5.91 Å². The lowest BCUT2D eigenvalue weighted by Gasteiger charge is -2.22. The molecule has 1 N–H and O–H groups in total. The second-order valence-corrected chi connectivity index (χ2v) is 8.15. The summed E-state index contributed by atoms with van der Waals surface area (Å²) in [6, 6.07) is 12.9. The SMILES string of the molecule is Cc1c(-c2ccc(Cl)cc2Cl)nc2ccccc2c1C(=O)NC(C)(C)C. The molecule has 3 rings (SSSR count). The number of fused-ring (bicyclic) bond motifs is 1. The summed E-state index contributed by atoms with van der Waals surface area (Å²) >= 11 is 12.4. The van der Waals surface area contributed by atoms with Crippen LogP contribution in [-0.4, -0.2) is 16.4 Å². The first kappa shape index (κ1) is 18.7. The number of nitrogens with one attached hydrogen (secondary N) is 1. The number of halogens is 2. The van der Waals surface area contributed by atoms with E-state index in [1.54, 1.807) is 12.1 Å². The Morgan fingerprint density at radius 2 is 1.77 bits per heavy atom. The molecular weight excluding hydrogens is 367 g/mol. The third-order valence-electron chi connectivity index (χ3n) is 4.04. The Labute approximate surface area is 163 Å². The Bertz CT molecular complexity index is 1010. The maximum atomic E-state index is 13.0. The molecule has 1 amide bonds. The van der Waals surface area contributed by atoms with E-state index >= 15 is 0 Å². The summed E-state index contributed by atoms with van der Waals surface area (Å²) in [5.74, 6) is -0.125. The van der Waals surface area contributed by atoms with E-state index in [0.29, 0.717) is 21.3 Å². The van der Waals surface area contributed by atoms with E-state index in [4.69, 9.17) is 28.2 Å². The highest BCUT2D eigenvalue weighted by atomic mass is 35.5. The molecule has 3 nitrogen and oxygen atoms in total. The van der Waals surface area contributed by atoms with Gasteiger partial charge in [-0.25, -0.2) is 4.98 Å². The fourth-order valence-electron chi connectivity index (χ4n) is 2.95. The Morgan fingerprint density at radius 1 is 1.08 bits per heavy atom. The van der Waals surface area contributed by atoms with Crippen LogP contribution in [-0.2, 0) is 0 Å². The summed E-state index contributed by atoms with van der Waals surface area (Å²) < 4.78 is 0. The highest BCUT2D eigenvalue weighted by Crippen LogP contribution is 2.35. The molecule has 0 aliphatic heterocycles. The fourth-order valence-corrected chi connectivity index (χ4v) is 3.44. The molecule has 0 unspecified atom stereocenters. The predicted molar refractivity (Wildman–Crippen MR) is 109 cm³/mol. The molecule has 0 bridgehead atoms. The minimum absolute atomic E-state index is 0.125. The Hall–Kier alpha value is -2.10. The van der Waals surface area contributed by atoms with Crippen molar-refractivity contribution >= 4 is 40.0 Å². The zero-order chi connectivity index (χ0) is 19.1. The van der Waals surface area contributed by atoms with Crippen LogP contribution < -0.4 is 5.32 Å². The van der Waals surface area contributed by atoms with E-state index in [2.05, 4.69) is 5.32 Å². The van der Waals surface area contributed by atoms with Crippen LogP contribution in [0.25, 0.3) is 22.2 Å². The van der Waals surface area contributed by atoms with Crippen molar-refractivity contribution in [2.45, 2.75) is 33.2 Å². The van der Waals surface area contributed by atoms with Crippen LogP contribution >= 0.6 is 23.2 Å². The molecule has 1 aromatic heterocycles. The number of amides is 1. The maximum Gasteiger partial charge on any atom is 0.252 e. The number of aromatic nitrogens is 1. The molecule has 0 aliphatic rings. The summed E-state index contributed by atoms with van der Waals surface area (Å²) in [6.07, 6.45) is 0. The predicted octanol–water partition coefficient (Wildman–Crippen LogP) is 6.05. The first-order chi connectivity index (χ1) is 12.2. The van der Waals surface area contributed by atoms with Crippen molar-refractivity contribution in [3.63, 3.8) is 0 Å². The molecule has 26 heavy (non-hydrogen) atoms. The summed E-state index contributed by atoms with van der Waals surface area (Å²) in [4.78, 5) is 17.8. The third kappa shape index (κ3) is 3.69. The number of nitrogens with zero attached hydrogens (tertiary/aromatic N) is 1. The van der Waals surface area contributed by atoms with Crippen molar-refractivity contribution in [1.82, 2.24) is 10.3 Å². The second-order valence-electron chi connectivity index (χ2n) is 7.31. The van der Waals surface area contributed by atoms with Gasteiger partial charge in [0.2, 0.25) is 0 Å². The minimum atomic E-state index is -0.341. The van der Waals surface area contributed by atoms with Gasteiger partial charge in [0.1, 0.15) is 0 Å². The number of benzene rings is 2. The van der Waals surface area contributed by atoms with Crippen molar-refractivity contribution in [3.05, 3.63) is 63.6 Å². The Morgan fingerprint density at radius 3 is 2.42 bits per heavy atom. The molecule has 2 aromatic carbocycles. The second kappa shape index (κ2) is 6.90. The smallest absolute Gasteiger partial charge is 0.252 e. The molecule has 0 radical (unpaired) electrons. The molecule has 1 heterocycles. The van der Waals surface area contributed by atoms with Gasteiger partial charge in [-0.05, 0) is 57.5 Å². The van der Waals surface area contributed by atoms with Gasteiger partial charge in [0.15, 0.2) is 0 Å². The molecular formula is C21H20Cl2N2O. The number of hydrogen-bond donors (Lipinski definition) is 1. The molecule has 5 heteroatoms. The Balaban J connectivity index is 2.29. The first-order valence-corrected chi connectivity index (χ1v) is 9.10. The van der Waals surface area contributed by atoms with Crippen LogP contribution in [0.1, 0.15) is 36.7 Å². The lowest BCUT2D eigenvalue weighted by molar-refractivity contribution is 0.0920. The maximum absolute atomic E-state index is 13.0. The van der Waals surface area contributed by atoms with E-state index in [0.717, 1.165) is 22.0 Å². The monoisotopic (exact) mass is 386 g/mol. The normalized spacial score (nSPS) is 11.6. The summed E-state index contributed by atoms with van der Waals surface area (Å²) in [6.45, 7) is 7.78. The third-order valence-corrected chi connectivity index (χ3v) is 4.59. The molecule has 0 saturated heterocycles. The number of carbonyl (C=O) groups is 1. The number of hydrogen-bond acceptors (Lipinski definition) is 2. The largest absolute Gasteiger partial charge is 0.347 e. The van der Waals surface area contributed by atoms with E-state index in [1.165, 1.54) is 0 Å². The molecule has 0 fully saturated rings. The number of carbonyl (C=O) groups excluding carboxylic acids is 1. The number of rotatable bonds is 2. The number of para-hydroxylation sites is 1. The lowest BCUT2D eigenvalue weighted by atomic mass is 9.96. The van der Waals surface area contributed by atoms with Crippen LogP contribution in [0.3, 0.4) is 0 Å². The molecule has 0 saturated carbocycles. The van der Waals surface area contributed by atoms with Crippen LogP contribution in [0.15, 0.2) is 42.5 Å². The number of pyridine rings is 1. The standard InChI is InChI=1S/C21H20Cl2N2O/c1-12-18(20(26)25-21(2,3)4)15-7-5-6-8-17(15)24-19(12)14-10-9-13(22)11-16(14)23/h5-11H,1-4H3,(H,25,26). The van der Waals surface area contributed by atoms with Crippen LogP contribution in [0.2, 0.25) is 10.0 Å². The fraction of sp³-hybridized carbons (Fsp3) is 0.238. The quantitative estimate of drug-likeness (QED) is 0.582.